The number of nitriles is 1. The Morgan fingerprint density at radius 1 is 1.13 bits per heavy atom. The van der Waals surface area contributed by atoms with E-state index in [9.17, 15) is 24.0 Å². The highest BCUT2D eigenvalue weighted by molar-refractivity contribution is 6.20. The van der Waals surface area contributed by atoms with Crippen LogP contribution in [-0.2, 0) is 24.0 Å². The van der Waals surface area contributed by atoms with Gasteiger partial charge in [-0.2, -0.15) is 5.26 Å². The second-order valence-electron chi connectivity index (χ2n) is 9.21. The normalized spacial score (nSPS) is 18.1. The van der Waals surface area contributed by atoms with E-state index in [1.54, 1.807) is 42.5 Å². The Bertz CT molecular complexity index is 1390. The number of imide groups is 2. The molecule has 5 amide bonds. The van der Waals surface area contributed by atoms with Crippen molar-refractivity contribution in [1.82, 2.24) is 15.1 Å². The van der Waals surface area contributed by atoms with Crippen molar-refractivity contribution in [1.29, 1.82) is 5.26 Å². The molecular formula is C27H26N6O5. The first-order valence-corrected chi connectivity index (χ1v) is 11.9. The second kappa shape index (κ2) is 11.1. The number of hydrogen-bond donors (Lipinski definition) is 3. The van der Waals surface area contributed by atoms with Crippen molar-refractivity contribution in [3.05, 3.63) is 71.4 Å². The third-order valence-electron chi connectivity index (χ3n) is 6.30. The van der Waals surface area contributed by atoms with Gasteiger partial charge >= 0.3 is 0 Å². The lowest BCUT2D eigenvalue weighted by molar-refractivity contribution is -0.149. The van der Waals surface area contributed by atoms with Gasteiger partial charge in [-0.25, -0.2) is 0 Å². The number of piperidine rings is 1. The van der Waals surface area contributed by atoms with Crippen LogP contribution in [0.25, 0.3) is 0 Å². The molecule has 0 bridgehead atoms. The van der Waals surface area contributed by atoms with Crippen LogP contribution in [0.2, 0.25) is 0 Å². The van der Waals surface area contributed by atoms with Crippen LogP contribution in [0.5, 0.6) is 0 Å². The Labute approximate surface area is 219 Å². The molecule has 2 atom stereocenters. The van der Waals surface area contributed by atoms with Crippen LogP contribution >= 0.6 is 0 Å². The van der Waals surface area contributed by atoms with Gasteiger partial charge in [0.05, 0.1) is 11.6 Å². The summed E-state index contributed by atoms with van der Waals surface area (Å²) in [6.45, 7) is 0. The summed E-state index contributed by atoms with van der Waals surface area (Å²) in [5, 5.41) is 17.0. The zero-order valence-corrected chi connectivity index (χ0v) is 20.9. The SMILES string of the molecule is CN(C)C(CC(=O)Nc1cccc(C#N)c1)c1cccc(NC2=CC(=O)N(C3CCC(=O)NC3=O)C2=O)c1. The van der Waals surface area contributed by atoms with E-state index in [1.807, 2.05) is 31.1 Å². The maximum Gasteiger partial charge on any atom is 0.278 e. The lowest BCUT2D eigenvalue weighted by Gasteiger charge is -2.28. The molecule has 0 saturated carbocycles. The van der Waals surface area contributed by atoms with Gasteiger partial charge in [-0.1, -0.05) is 18.2 Å². The lowest BCUT2D eigenvalue weighted by Crippen LogP contribution is -2.54. The van der Waals surface area contributed by atoms with Gasteiger partial charge in [0.25, 0.3) is 11.8 Å². The quantitative estimate of drug-likeness (QED) is 0.450. The summed E-state index contributed by atoms with van der Waals surface area (Å²) in [7, 11) is 3.68. The highest BCUT2D eigenvalue weighted by Gasteiger charge is 2.42. The highest BCUT2D eigenvalue weighted by Crippen LogP contribution is 2.28. The van der Waals surface area contributed by atoms with Gasteiger partial charge < -0.3 is 15.5 Å². The van der Waals surface area contributed by atoms with Gasteiger partial charge in [-0.3, -0.25) is 34.2 Å². The minimum absolute atomic E-state index is 0.00775. The molecule has 11 heteroatoms. The molecule has 1 saturated heterocycles. The highest BCUT2D eigenvalue weighted by atomic mass is 16.2. The first kappa shape index (κ1) is 26.2. The van der Waals surface area contributed by atoms with Crippen LogP contribution in [0.4, 0.5) is 11.4 Å². The fourth-order valence-corrected chi connectivity index (χ4v) is 4.43. The molecule has 0 aromatic heterocycles. The Morgan fingerprint density at radius 3 is 2.58 bits per heavy atom. The average molecular weight is 515 g/mol. The monoisotopic (exact) mass is 514 g/mol. The molecule has 0 radical (unpaired) electrons. The van der Waals surface area contributed by atoms with Crippen LogP contribution in [0.3, 0.4) is 0 Å². The Kier molecular flexibility index (Phi) is 7.64. The summed E-state index contributed by atoms with van der Waals surface area (Å²) in [4.78, 5) is 64.7. The van der Waals surface area contributed by atoms with Crippen LogP contribution in [0.1, 0.15) is 36.4 Å². The largest absolute Gasteiger partial charge is 0.351 e. The van der Waals surface area contributed by atoms with E-state index in [1.165, 1.54) is 0 Å². The molecule has 2 unspecified atom stereocenters. The van der Waals surface area contributed by atoms with Crippen molar-refractivity contribution in [3.8, 4) is 6.07 Å². The molecule has 2 aliphatic heterocycles. The maximum absolute atomic E-state index is 13.0. The van der Waals surface area contributed by atoms with Crippen LogP contribution in [0, 0.1) is 11.3 Å². The molecule has 4 rings (SSSR count). The molecule has 1 fully saturated rings. The van der Waals surface area contributed by atoms with Gasteiger partial charge in [-0.05, 0) is 56.4 Å². The molecule has 0 spiro atoms. The molecule has 3 N–H and O–H groups in total. The zero-order valence-electron chi connectivity index (χ0n) is 20.9. The third kappa shape index (κ3) is 5.77. The molecule has 2 aromatic carbocycles. The van der Waals surface area contributed by atoms with E-state index in [-0.39, 0.29) is 36.9 Å². The lowest BCUT2D eigenvalue weighted by atomic mass is 10.0. The molecular weight excluding hydrogens is 488 g/mol. The predicted molar refractivity (Wildman–Crippen MR) is 137 cm³/mol. The first-order chi connectivity index (χ1) is 18.2. The minimum Gasteiger partial charge on any atom is -0.351 e. The van der Waals surface area contributed by atoms with Crippen molar-refractivity contribution in [2.24, 2.45) is 0 Å². The molecule has 2 heterocycles. The number of nitrogens with one attached hydrogen (secondary N) is 3. The summed E-state index contributed by atoms with van der Waals surface area (Å²) >= 11 is 0. The number of nitrogens with zero attached hydrogens (tertiary/aromatic N) is 3. The number of amides is 5. The smallest absolute Gasteiger partial charge is 0.278 e. The Morgan fingerprint density at radius 2 is 1.87 bits per heavy atom. The number of anilines is 2. The van der Waals surface area contributed by atoms with Gasteiger partial charge in [-0.15, -0.1) is 0 Å². The molecule has 2 aliphatic rings. The Hall–Kier alpha value is -4.82. The van der Waals surface area contributed by atoms with E-state index in [2.05, 4.69) is 16.0 Å². The third-order valence-corrected chi connectivity index (χ3v) is 6.30. The summed E-state index contributed by atoms with van der Waals surface area (Å²) < 4.78 is 0. The number of benzene rings is 2. The molecule has 2 aromatic rings. The molecule has 38 heavy (non-hydrogen) atoms. The number of hydrogen-bond acceptors (Lipinski definition) is 8. The summed E-state index contributed by atoms with van der Waals surface area (Å²) in [5.74, 6) is -2.64. The minimum atomic E-state index is -1.04. The number of rotatable bonds is 8. The van der Waals surface area contributed by atoms with Crippen molar-refractivity contribution < 1.29 is 24.0 Å². The van der Waals surface area contributed by atoms with Crippen LogP contribution < -0.4 is 16.0 Å². The predicted octanol–water partition coefficient (Wildman–Crippen LogP) is 1.66. The van der Waals surface area contributed by atoms with E-state index in [0.717, 1.165) is 16.5 Å². The maximum atomic E-state index is 13.0. The first-order valence-electron chi connectivity index (χ1n) is 11.9. The van der Waals surface area contributed by atoms with E-state index in [0.29, 0.717) is 16.9 Å². The zero-order chi connectivity index (χ0) is 27.4. The Balaban J connectivity index is 1.46. The molecule has 0 aliphatic carbocycles. The molecule has 194 valence electrons. The van der Waals surface area contributed by atoms with Crippen LogP contribution in [0.15, 0.2) is 60.3 Å². The van der Waals surface area contributed by atoms with Crippen molar-refractivity contribution in [2.45, 2.75) is 31.3 Å². The molecule has 11 nitrogen and oxygen atoms in total. The number of carbonyl (C=O) groups excluding carboxylic acids is 5. The topological polar surface area (TPSA) is 152 Å². The van der Waals surface area contributed by atoms with E-state index < -0.39 is 29.7 Å². The van der Waals surface area contributed by atoms with Gasteiger partial charge in [0.2, 0.25) is 17.7 Å². The number of carbonyl (C=O) groups is 5. The van der Waals surface area contributed by atoms with Crippen LogP contribution in [-0.4, -0.2) is 59.5 Å². The van der Waals surface area contributed by atoms with E-state index in [4.69, 9.17) is 5.26 Å². The van der Waals surface area contributed by atoms with E-state index >= 15 is 0 Å². The summed E-state index contributed by atoms with van der Waals surface area (Å²) in [5.41, 5.74) is 2.29. The van der Waals surface area contributed by atoms with Crippen molar-refractivity contribution in [2.75, 3.05) is 24.7 Å². The second-order valence-corrected chi connectivity index (χ2v) is 9.21. The van der Waals surface area contributed by atoms with Gasteiger partial charge in [0.15, 0.2) is 0 Å². The standard InChI is InChI=1S/C27H26N6O5/c1-32(2)22(14-24(35)30-18-7-3-5-16(11-18)15-28)17-6-4-8-19(12-17)29-20-13-25(36)33(27(20)38)21-9-10-23(34)31-26(21)37/h3-8,11-13,21-22,29H,9-10,14H2,1-2H3,(H,30,35)(H,31,34,37). The fraction of sp³-hybridized carbons (Fsp3) is 0.259. The summed E-state index contributed by atoms with van der Waals surface area (Å²) in [6.07, 6.45) is 1.37. The fourth-order valence-electron chi connectivity index (χ4n) is 4.43. The van der Waals surface area contributed by atoms with Crippen molar-refractivity contribution in [3.63, 3.8) is 0 Å². The average Bonchev–Trinajstić information content (AvgIpc) is 3.15. The summed E-state index contributed by atoms with van der Waals surface area (Å²) in [6, 6.07) is 14.4. The van der Waals surface area contributed by atoms with Crippen molar-refractivity contribution >= 4 is 40.9 Å². The van der Waals surface area contributed by atoms with Gasteiger partial charge in [0, 0.05) is 36.3 Å². The van der Waals surface area contributed by atoms with Gasteiger partial charge in [0.1, 0.15) is 11.7 Å².